The minimum Gasteiger partial charge on any atom is -0.447 e. The number of nitrogens with zero attached hydrogens (tertiary/aromatic N) is 3. The van der Waals surface area contributed by atoms with Crippen molar-refractivity contribution in [2.24, 2.45) is 0 Å². The van der Waals surface area contributed by atoms with Crippen molar-refractivity contribution in [2.75, 3.05) is 26.2 Å². The zero-order valence-electron chi connectivity index (χ0n) is 21.7. The van der Waals surface area contributed by atoms with Gasteiger partial charge in [0.05, 0.1) is 12.0 Å². The van der Waals surface area contributed by atoms with Crippen LogP contribution in [0.4, 0.5) is 13.6 Å². The van der Waals surface area contributed by atoms with E-state index < -0.39 is 49.0 Å². The van der Waals surface area contributed by atoms with Crippen molar-refractivity contribution < 1.29 is 33.2 Å². The highest BCUT2D eigenvalue weighted by atomic mass is 19.2. The molecule has 206 valence electrons. The fraction of sp³-hybridized carbons (Fsp3) is 0.577. The standard InChI is InChI=1S/C26H35BF2N4O5/c1-26(2,32-15-21(28)22(29)16-32)13-19(14-30)24(34)33-11-7-6-10-20(33)17-38-25(35)31-23(27(36)37)12-18-8-4-3-5-9-18/h3-5,8-9,13,20-23,36-37H,6-7,10-12,15-17H2,1-2H3,(H,31,35)/t20-,21-,22+,23+/m1/s1. The summed E-state index contributed by atoms with van der Waals surface area (Å²) in [4.78, 5) is 28.8. The molecule has 0 radical (unpaired) electrons. The van der Waals surface area contributed by atoms with Crippen LogP contribution in [0.15, 0.2) is 42.0 Å². The summed E-state index contributed by atoms with van der Waals surface area (Å²) in [6, 6.07) is 10.5. The van der Waals surface area contributed by atoms with E-state index in [9.17, 15) is 33.7 Å². The Morgan fingerprint density at radius 3 is 2.50 bits per heavy atom. The summed E-state index contributed by atoms with van der Waals surface area (Å²) < 4.78 is 32.8. The van der Waals surface area contributed by atoms with E-state index in [0.717, 1.165) is 12.0 Å². The Labute approximate surface area is 222 Å². The van der Waals surface area contributed by atoms with Gasteiger partial charge in [-0.25, -0.2) is 13.6 Å². The van der Waals surface area contributed by atoms with E-state index in [1.165, 1.54) is 11.0 Å². The predicted octanol–water partition coefficient (Wildman–Crippen LogP) is 1.94. The number of ether oxygens (including phenoxy) is 1. The molecular weight excluding hydrogens is 497 g/mol. The van der Waals surface area contributed by atoms with Crippen molar-refractivity contribution in [3.63, 3.8) is 0 Å². The van der Waals surface area contributed by atoms with Crippen molar-refractivity contribution in [3.8, 4) is 6.07 Å². The third kappa shape index (κ3) is 7.76. The average Bonchev–Trinajstić information content (AvgIpc) is 3.25. The summed E-state index contributed by atoms with van der Waals surface area (Å²) >= 11 is 0. The maximum absolute atomic E-state index is 13.7. The van der Waals surface area contributed by atoms with Crippen LogP contribution in [0.5, 0.6) is 0 Å². The van der Waals surface area contributed by atoms with Crippen LogP contribution in [0.3, 0.4) is 0 Å². The second kappa shape index (κ2) is 13.2. The number of carbonyl (C=O) groups excluding carboxylic acids is 2. The van der Waals surface area contributed by atoms with Gasteiger partial charge in [0.1, 0.15) is 30.6 Å². The van der Waals surface area contributed by atoms with Gasteiger partial charge in [-0.1, -0.05) is 30.3 Å². The Morgan fingerprint density at radius 1 is 1.24 bits per heavy atom. The second-order valence-corrected chi connectivity index (χ2v) is 10.4. The highest BCUT2D eigenvalue weighted by Gasteiger charge is 2.40. The Morgan fingerprint density at radius 2 is 1.89 bits per heavy atom. The molecule has 2 aliphatic rings. The summed E-state index contributed by atoms with van der Waals surface area (Å²) in [5, 5.41) is 31.6. The lowest BCUT2D eigenvalue weighted by atomic mass is 9.76. The molecule has 0 aliphatic carbocycles. The number of alkyl carbamates (subject to hydrolysis) is 1. The van der Waals surface area contributed by atoms with Gasteiger partial charge in [0.2, 0.25) is 0 Å². The smallest absolute Gasteiger partial charge is 0.447 e. The van der Waals surface area contributed by atoms with E-state index in [1.54, 1.807) is 43.0 Å². The number of halogens is 2. The molecule has 1 aromatic carbocycles. The first-order chi connectivity index (χ1) is 18.0. The van der Waals surface area contributed by atoms with Crippen LogP contribution in [-0.4, -0.2) is 95.1 Å². The van der Waals surface area contributed by atoms with E-state index in [1.807, 2.05) is 12.1 Å². The Hall–Kier alpha value is -3.01. The predicted molar refractivity (Wildman–Crippen MR) is 137 cm³/mol. The average molecular weight is 532 g/mol. The number of carbonyl (C=O) groups is 2. The van der Waals surface area contributed by atoms with Gasteiger partial charge in [0.15, 0.2) is 0 Å². The van der Waals surface area contributed by atoms with Gasteiger partial charge in [-0.3, -0.25) is 9.69 Å². The van der Waals surface area contributed by atoms with Crippen molar-refractivity contribution in [1.82, 2.24) is 15.1 Å². The van der Waals surface area contributed by atoms with E-state index in [0.29, 0.717) is 19.4 Å². The minimum absolute atomic E-state index is 0.124. The lowest BCUT2D eigenvalue weighted by Crippen LogP contribution is -2.50. The molecule has 0 bridgehead atoms. The Balaban J connectivity index is 1.63. The largest absolute Gasteiger partial charge is 0.475 e. The number of nitrogens with one attached hydrogen (secondary N) is 1. The summed E-state index contributed by atoms with van der Waals surface area (Å²) in [7, 11) is -1.81. The van der Waals surface area contributed by atoms with Crippen LogP contribution in [0.2, 0.25) is 0 Å². The fourth-order valence-corrected chi connectivity index (χ4v) is 4.84. The number of rotatable bonds is 9. The molecule has 2 heterocycles. The summed E-state index contributed by atoms with van der Waals surface area (Å²) in [5.74, 6) is -1.53. The Bertz CT molecular complexity index is 1030. The zero-order valence-corrected chi connectivity index (χ0v) is 21.7. The molecule has 1 aromatic rings. The van der Waals surface area contributed by atoms with Crippen LogP contribution in [0, 0.1) is 11.3 Å². The molecule has 9 nitrogen and oxygen atoms in total. The van der Waals surface area contributed by atoms with Crippen molar-refractivity contribution in [2.45, 2.75) is 69.4 Å². The van der Waals surface area contributed by atoms with Crippen LogP contribution in [-0.2, 0) is 16.0 Å². The maximum atomic E-state index is 13.7. The molecule has 12 heteroatoms. The lowest BCUT2D eigenvalue weighted by molar-refractivity contribution is -0.131. The van der Waals surface area contributed by atoms with E-state index >= 15 is 0 Å². The monoisotopic (exact) mass is 532 g/mol. The molecular formula is C26H35BF2N4O5. The number of nitriles is 1. The first kappa shape index (κ1) is 29.5. The Kier molecular flexibility index (Phi) is 10.2. The van der Waals surface area contributed by atoms with Gasteiger partial charge in [-0.2, -0.15) is 5.26 Å². The quantitative estimate of drug-likeness (QED) is 0.252. The number of likely N-dealkylation sites (tertiary alicyclic amines) is 2. The topological polar surface area (TPSA) is 126 Å². The summed E-state index contributed by atoms with van der Waals surface area (Å²) in [6.07, 6.45) is -0.401. The number of benzene rings is 1. The van der Waals surface area contributed by atoms with Crippen LogP contribution in [0.25, 0.3) is 0 Å². The highest BCUT2D eigenvalue weighted by molar-refractivity contribution is 6.43. The van der Waals surface area contributed by atoms with Gasteiger partial charge in [-0.05, 0) is 51.2 Å². The first-order valence-electron chi connectivity index (χ1n) is 12.8. The van der Waals surface area contributed by atoms with E-state index in [-0.39, 0.29) is 31.7 Å². The number of piperidine rings is 1. The molecule has 4 atom stereocenters. The van der Waals surface area contributed by atoms with Crippen LogP contribution in [0.1, 0.15) is 38.7 Å². The molecule has 3 N–H and O–H groups in total. The van der Waals surface area contributed by atoms with E-state index in [4.69, 9.17) is 4.74 Å². The van der Waals surface area contributed by atoms with Crippen molar-refractivity contribution in [1.29, 1.82) is 5.26 Å². The summed E-state index contributed by atoms with van der Waals surface area (Å²) in [5.41, 5.74) is -0.269. The molecule has 0 spiro atoms. The lowest BCUT2D eigenvalue weighted by Gasteiger charge is -2.36. The molecule has 0 unspecified atom stereocenters. The SMILES string of the molecule is CC(C)(C=C(C#N)C(=O)N1CCCC[C@@H]1COC(=O)N[C@@H](Cc1ccccc1)B(O)O)N1C[C@@H](F)[C@@H](F)C1. The van der Waals surface area contributed by atoms with Gasteiger partial charge in [0.25, 0.3) is 5.91 Å². The van der Waals surface area contributed by atoms with Crippen LogP contribution >= 0.6 is 0 Å². The molecule has 2 fully saturated rings. The fourth-order valence-electron chi connectivity index (χ4n) is 4.84. The molecule has 2 aliphatic heterocycles. The van der Waals surface area contributed by atoms with Gasteiger partial charge in [0, 0.05) is 25.2 Å². The van der Waals surface area contributed by atoms with Crippen molar-refractivity contribution >= 4 is 19.1 Å². The molecule has 38 heavy (non-hydrogen) atoms. The summed E-state index contributed by atoms with van der Waals surface area (Å²) in [6.45, 7) is 3.37. The number of alkyl halides is 2. The highest BCUT2D eigenvalue weighted by Crippen LogP contribution is 2.28. The van der Waals surface area contributed by atoms with Gasteiger partial charge >= 0.3 is 13.2 Å². The number of hydrogen-bond donors (Lipinski definition) is 3. The van der Waals surface area contributed by atoms with Crippen LogP contribution < -0.4 is 5.32 Å². The third-order valence-electron chi connectivity index (χ3n) is 7.10. The molecule has 0 aromatic heterocycles. The van der Waals surface area contributed by atoms with E-state index in [2.05, 4.69) is 5.32 Å². The normalized spacial score (nSPS) is 23.4. The third-order valence-corrected chi connectivity index (χ3v) is 7.10. The molecule has 2 saturated heterocycles. The maximum Gasteiger partial charge on any atom is 0.475 e. The van der Waals surface area contributed by atoms with Gasteiger partial charge < -0.3 is 25.0 Å². The number of hydrogen-bond acceptors (Lipinski definition) is 7. The second-order valence-electron chi connectivity index (χ2n) is 10.4. The minimum atomic E-state index is -1.81. The number of amides is 2. The molecule has 3 rings (SSSR count). The zero-order chi connectivity index (χ0) is 27.9. The molecule has 2 amide bonds. The van der Waals surface area contributed by atoms with Gasteiger partial charge in [-0.15, -0.1) is 0 Å². The van der Waals surface area contributed by atoms with Crippen molar-refractivity contribution in [3.05, 3.63) is 47.5 Å². The first-order valence-corrected chi connectivity index (χ1v) is 12.8. The molecule has 0 saturated carbocycles.